The Hall–Kier alpha value is -1.51. The van der Waals surface area contributed by atoms with Crippen LogP contribution in [0, 0.1) is 22.7 Å². The summed E-state index contributed by atoms with van der Waals surface area (Å²) in [5.41, 5.74) is 2.41. The zero-order valence-corrected chi connectivity index (χ0v) is 15.3. The van der Waals surface area contributed by atoms with Crippen LogP contribution in [0.4, 0.5) is 0 Å². The molecule has 132 valence electrons. The average molecular weight is 330 g/mol. The van der Waals surface area contributed by atoms with Gasteiger partial charge in [0.15, 0.2) is 0 Å². The summed E-state index contributed by atoms with van der Waals surface area (Å²) in [4.78, 5) is 12.6. The van der Waals surface area contributed by atoms with Crippen molar-refractivity contribution in [2.75, 3.05) is 7.11 Å². The first-order chi connectivity index (χ1) is 11.4. The van der Waals surface area contributed by atoms with Crippen molar-refractivity contribution in [3.8, 4) is 0 Å². The molecule has 1 aromatic rings. The standard InChI is InChI=1S/C21H30O3/c1-15-6-9-18-20(2,11-5-12-21(18,3)19(22)23-4)17(15)8-7-16-10-13-24-14-16/h10,13-14,17-18H,1,5-9,11-12H2,2-4H3. The van der Waals surface area contributed by atoms with Gasteiger partial charge in [0.1, 0.15) is 0 Å². The summed E-state index contributed by atoms with van der Waals surface area (Å²) in [6, 6.07) is 2.05. The number of furan rings is 1. The molecule has 4 unspecified atom stereocenters. The van der Waals surface area contributed by atoms with Gasteiger partial charge in [-0.3, -0.25) is 4.79 Å². The largest absolute Gasteiger partial charge is 0.472 e. The second-order valence-electron chi connectivity index (χ2n) is 8.24. The van der Waals surface area contributed by atoms with Crippen molar-refractivity contribution in [2.45, 2.75) is 58.8 Å². The van der Waals surface area contributed by atoms with Crippen molar-refractivity contribution in [2.24, 2.45) is 22.7 Å². The topological polar surface area (TPSA) is 39.4 Å². The molecule has 0 radical (unpaired) electrons. The fraction of sp³-hybridized carbons (Fsp3) is 0.667. The minimum atomic E-state index is -0.351. The van der Waals surface area contributed by atoms with E-state index in [9.17, 15) is 4.79 Å². The molecule has 24 heavy (non-hydrogen) atoms. The fourth-order valence-electron chi connectivity index (χ4n) is 5.71. The van der Waals surface area contributed by atoms with Crippen LogP contribution >= 0.6 is 0 Å². The maximum Gasteiger partial charge on any atom is 0.311 e. The van der Waals surface area contributed by atoms with Gasteiger partial charge in [0.05, 0.1) is 25.1 Å². The second-order valence-corrected chi connectivity index (χ2v) is 8.24. The van der Waals surface area contributed by atoms with Crippen LogP contribution in [0.15, 0.2) is 35.2 Å². The van der Waals surface area contributed by atoms with Crippen LogP contribution in [0.2, 0.25) is 0 Å². The molecular weight excluding hydrogens is 300 g/mol. The fourth-order valence-corrected chi connectivity index (χ4v) is 5.71. The molecule has 2 saturated carbocycles. The highest BCUT2D eigenvalue weighted by molar-refractivity contribution is 5.77. The molecule has 0 aliphatic heterocycles. The number of esters is 1. The highest BCUT2D eigenvalue weighted by Crippen LogP contribution is 2.62. The molecule has 0 bridgehead atoms. The lowest BCUT2D eigenvalue weighted by Gasteiger charge is -2.57. The van der Waals surface area contributed by atoms with Crippen molar-refractivity contribution < 1.29 is 13.9 Å². The molecule has 2 aliphatic carbocycles. The van der Waals surface area contributed by atoms with Gasteiger partial charge < -0.3 is 9.15 Å². The van der Waals surface area contributed by atoms with Gasteiger partial charge in [0.25, 0.3) is 0 Å². The van der Waals surface area contributed by atoms with E-state index < -0.39 is 0 Å². The summed E-state index contributed by atoms with van der Waals surface area (Å²) in [5.74, 6) is 0.820. The maximum absolute atomic E-state index is 12.6. The number of carbonyl (C=O) groups excluding carboxylic acids is 1. The van der Waals surface area contributed by atoms with Crippen LogP contribution in [-0.2, 0) is 16.0 Å². The van der Waals surface area contributed by atoms with Crippen LogP contribution in [0.5, 0.6) is 0 Å². The van der Waals surface area contributed by atoms with E-state index in [1.54, 1.807) is 6.26 Å². The van der Waals surface area contributed by atoms with Gasteiger partial charge in [-0.05, 0) is 74.3 Å². The van der Waals surface area contributed by atoms with Crippen LogP contribution in [0.1, 0.15) is 57.9 Å². The predicted molar refractivity (Wildman–Crippen MR) is 94.5 cm³/mol. The third-order valence-electron chi connectivity index (χ3n) is 6.97. The molecule has 0 saturated heterocycles. The van der Waals surface area contributed by atoms with Crippen molar-refractivity contribution in [1.82, 2.24) is 0 Å². The van der Waals surface area contributed by atoms with Crippen molar-refractivity contribution >= 4 is 5.97 Å². The molecule has 0 N–H and O–H groups in total. The van der Waals surface area contributed by atoms with Crippen LogP contribution in [0.25, 0.3) is 0 Å². The Balaban J connectivity index is 1.86. The van der Waals surface area contributed by atoms with Gasteiger partial charge in [-0.2, -0.15) is 0 Å². The van der Waals surface area contributed by atoms with E-state index in [2.05, 4.69) is 20.4 Å². The summed E-state index contributed by atoms with van der Waals surface area (Å²) >= 11 is 0. The van der Waals surface area contributed by atoms with Gasteiger partial charge in [0, 0.05) is 0 Å². The molecule has 3 heteroatoms. The Labute approximate surface area is 145 Å². The molecule has 3 nitrogen and oxygen atoms in total. The van der Waals surface area contributed by atoms with E-state index in [0.29, 0.717) is 11.8 Å². The molecule has 2 fully saturated rings. The molecule has 3 rings (SSSR count). The van der Waals surface area contributed by atoms with Crippen molar-refractivity contribution in [3.05, 3.63) is 36.3 Å². The van der Waals surface area contributed by atoms with E-state index in [4.69, 9.17) is 9.15 Å². The molecule has 1 aromatic heterocycles. The first-order valence-electron chi connectivity index (χ1n) is 9.19. The molecule has 0 spiro atoms. The summed E-state index contributed by atoms with van der Waals surface area (Å²) < 4.78 is 10.4. The third-order valence-corrected chi connectivity index (χ3v) is 6.97. The highest BCUT2D eigenvalue weighted by atomic mass is 16.5. The lowest BCUT2D eigenvalue weighted by atomic mass is 9.46. The number of carbonyl (C=O) groups is 1. The number of methoxy groups -OCH3 is 1. The Morgan fingerprint density at radius 3 is 2.88 bits per heavy atom. The summed E-state index contributed by atoms with van der Waals surface area (Å²) in [6.07, 6.45) is 11.0. The van der Waals surface area contributed by atoms with E-state index in [-0.39, 0.29) is 16.8 Å². The first kappa shape index (κ1) is 17.3. The Bertz CT molecular complexity index is 603. The van der Waals surface area contributed by atoms with E-state index in [1.165, 1.54) is 24.7 Å². The normalized spacial score (nSPS) is 36.2. The third kappa shape index (κ3) is 2.72. The summed E-state index contributed by atoms with van der Waals surface area (Å²) in [6.45, 7) is 8.92. The lowest BCUT2D eigenvalue weighted by molar-refractivity contribution is -0.168. The zero-order chi connectivity index (χ0) is 17.4. The summed E-state index contributed by atoms with van der Waals surface area (Å²) in [5, 5.41) is 0. The zero-order valence-electron chi connectivity index (χ0n) is 15.3. The van der Waals surface area contributed by atoms with Gasteiger partial charge >= 0.3 is 5.97 Å². The molecule has 0 aromatic carbocycles. The maximum atomic E-state index is 12.6. The van der Waals surface area contributed by atoms with Gasteiger partial charge in [-0.1, -0.05) is 25.5 Å². The number of fused-ring (bicyclic) bond motifs is 1. The molecule has 0 amide bonds. The number of aryl methyl sites for hydroxylation is 1. The average Bonchev–Trinajstić information content (AvgIpc) is 3.06. The number of ether oxygens (including phenoxy) is 1. The van der Waals surface area contributed by atoms with Crippen molar-refractivity contribution in [3.63, 3.8) is 0 Å². The van der Waals surface area contributed by atoms with Gasteiger partial charge in [-0.25, -0.2) is 0 Å². The minimum Gasteiger partial charge on any atom is -0.472 e. The number of hydrogen-bond acceptors (Lipinski definition) is 3. The van der Waals surface area contributed by atoms with Crippen LogP contribution in [-0.4, -0.2) is 13.1 Å². The predicted octanol–water partition coefficient (Wildman–Crippen LogP) is 5.16. The monoisotopic (exact) mass is 330 g/mol. The number of hydrogen-bond donors (Lipinski definition) is 0. The van der Waals surface area contributed by atoms with E-state index in [1.807, 2.05) is 12.3 Å². The molecule has 1 heterocycles. The van der Waals surface area contributed by atoms with Crippen molar-refractivity contribution in [1.29, 1.82) is 0 Å². The number of rotatable bonds is 4. The Kier molecular flexibility index (Phi) is 4.63. The smallest absolute Gasteiger partial charge is 0.311 e. The van der Waals surface area contributed by atoms with Gasteiger partial charge in [0.2, 0.25) is 0 Å². The molecular formula is C21H30O3. The number of allylic oxidation sites excluding steroid dienone is 1. The van der Waals surface area contributed by atoms with E-state index >= 15 is 0 Å². The minimum absolute atomic E-state index is 0.0282. The Morgan fingerprint density at radius 1 is 1.42 bits per heavy atom. The second kappa shape index (κ2) is 6.42. The highest BCUT2D eigenvalue weighted by Gasteiger charge is 2.57. The SMILES string of the molecule is C=C1CCC2C(C)(C(=O)OC)CCCC2(C)C1CCc1ccoc1. The molecule has 4 atom stereocenters. The first-order valence-corrected chi connectivity index (χ1v) is 9.19. The van der Waals surface area contributed by atoms with E-state index in [0.717, 1.165) is 38.5 Å². The quantitative estimate of drug-likeness (QED) is 0.565. The lowest BCUT2D eigenvalue weighted by Crippen LogP contribution is -2.53. The summed E-state index contributed by atoms with van der Waals surface area (Å²) in [7, 11) is 1.53. The van der Waals surface area contributed by atoms with Crippen LogP contribution in [0.3, 0.4) is 0 Å². The molecule has 2 aliphatic rings. The van der Waals surface area contributed by atoms with Gasteiger partial charge in [-0.15, -0.1) is 0 Å². The van der Waals surface area contributed by atoms with Crippen LogP contribution < -0.4 is 0 Å². The Morgan fingerprint density at radius 2 is 2.21 bits per heavy atom.